The van der Waals surface area contributed by atoms with E-state index in [0.29, 0.717) is 15.7 Å². The molecule has 0 atom stereocenters. The van der Waals surface area contributed by atoms with Crippen molar-refractivity contribution < 1.29 is 18.0 Å². The summed E-state index contributed by atoms with van der Waals surface area (Å²) >= 11 is 6.98. The maximum absolute atomic E-state index is 12.9. The second kappa shape index (κ2) is 6.97. The van der Waals surface area contributed by atoms with E-state index in [1.807, 2.05) is 0 Å². The molecule has 0 saturated carbocycles. The number of fused-ring (bicyclic) bond motifs is 1. The lowest BCUT2D eigenvalue weighted by atomic mass is 10.1. The number of nitrogens with one attached hydrogen (secondary N) is 2. The van der Waals surface area contributed by atoms with Gasteiger partial charge in [-0.3, -0.25) is 4.79 Å². The van der Waals surface area contributed by atoms with Crippen molar-refractivity contribution in [1.82, 2.24) is 9.97 Å². The molecule has 130 valence electrons. The SMILES string of the molecule is O=C(CSc1nc2ccc(Cl)cc2[nH]1)Nc1ccccc1C(F)(F)F. The van der Waals surface area contributed by atoms with Crippen molar-refractivity contribution in [3.05, 3.63) is 53.1 Å². The smallest absolute Gasteiger partial charge is 0.333 e. The molecule has 0 aliphatic carbocycles. The minimum absolute atomic E-state index is 0.0836. The van der Waals surface area contributed by atoms with Crippen molar-refractivity contribution >= 4 is 46.0 Å². The number of anilines is 1. The van der Waals surface area contributed by atoms with Crippen LogP contribution in [0.2, 0.25) is 5.02 Å². The summed E-state index contributed by atoms with van der Waals surface area (Å²) in [5.41, 5.74) is 0.260. The Bertz CT molecular complexity index is 926. The van der Waals surface area contributed by atoms with E-state index in [1.54, 1.807) is 18.2 Å². The quantitative estimate of drug-likeness (QED) is 0.624. The monoisotopic (exact) mass is 385 g/mol. The van der Waals surface area contributed by atoms with E-state index in [4.69, 9.17) is 11.6 Å². The largest absolute Gasteiger partial charge is 0.418 e. The van der Waals surface area contributed by atoms with Gasteiger partial charge in [-0.05, 0) is 30.3 Å². The van der Waals surface area contributed by atoms with Crippen molar-refractivity contribution in [1.29, 1.82) is 0 Å². The number of alkyl halides is 3. The number of carbonyl (C=O) groups is 1. The summed E-state index contributed by atoms with van der Waals surface area (Å²) in [6.45, 7) is 0. The van der Waals surface area contributed by atoms with E-state index in [9.17, 15) is 18.0 Å². The minimum atomic E-state index is -4.53. The highest BCUT2D eigenvalue weighted by atomic mass is 35.5. The molecule has 0 unspecified atom stereocenters. The molecule has 0 spiro atoms. The third-order valence-corrected chi connectivity index (χ3v) is 4.38. The molecule has 0 aliphatic rings. The average Bonchev–Trinajstić information content (AvgIpc) is 2.94. The highest BCUT2D eigenvalue weighted by Crippen LogP contribution is 2.34. The van der Waals surface area contributed by atoms with Gasteiger partial charge >= 0.3 is 6.18 Å². The van der Waals surface area contributed by atoms with Crippen LogP contribution in [0.1, 0.15) is 5.56 Å². The number of nitrogens with zero attached hydrogens (tertiary/aromatic N) is 1. The number of thioether (sulfide) groups is 1. The third kappa shape index (κ3) is 4.26. The zero-order valence-electron chi connectivity index (χ0n) is 12.5. The Labute approximate surface area is 149 Å². The summed E-state index contributed by atoms with van der Waals surface area (Å²) in [6, 6.07) is 9.97. The number of amides is 1. The number of carbonyl (C=O) groups excluding carboxylic acids is 1. The zero-order chi connectivity index (χ0) is 18.0. The molecule has 0 radical (unpaired) electrons. The Balaban J connectivity index is 1.67. The number of hydrogen-bond donors (Lipinski definition) is 2. The lowest BCUT2D eigenvalue weighted by Gasteiger charge is -2.13. The first-order chi connectivity index (χ1) is 11.8. The molecule has 0 bridgehead atoms. The molecule has 0 aliphatic heterocycles. The summed E-state index contributed by atoms with van der Waals surface area (Å²) < 4.78 is 38.8. The van der Waals surface area contributed by atoms with E-state index in [-0.39, 0.29) is 11.4 Å². The number of aromatic nitrogens is 2. The van der Waals surface area contributed by atoms with Gasteiger partial charge in [0, 0.05) is 5.02 Å². The number of rotatable bonds is 4. The lowest BCUT2D eigenvalue weighted by molar-refractivity contribution is -0.137. The fourth-order valence-corrected chi connectivity index (χ4v) is 3.04. The number of aromatic amines is 1. The Morgan fingerprint density at radius 2 is 2.00 bits per heavy atom. The number of benzene rings is 2. The standard InChI is InChI=1S/C16H11ClF3N3OS/c17-9-5-6-12-13(7-9)23-15(22-12)25-8-14(24)21-11-4-2-1-3-10(11)16(18,19)20/h1-7H,8H2,(H,21,24)(H,22,23). The average molecular weight is 386 g/mol. The van der Waals surface area contributed by atoms with Crippen molar-refractivity contribution in [3.63, 3.8) is 0 Å². The maximum atomic E-state index is 12.9. The van der Waals surface area contributed by atoms with Gasteiger partial charge in [0.15, 0.2) is 5.16 Å². The van der Waals surface area contributed by atoms with Gasteiger partial charge in [-0.25, -0.2) is 4.98 Å². The molecule has 9 heteroatoms. The normalized spacial score (nSPS) is 11.7. The molecule has 1 heterocycles. The highest BCUT2D eigenvalue weighted by Gasteiger charge is 2.33. The fraction of sp³-hybridized carbons (Fsp3) is 0.125. The van der Waals surface area contributed by atoms with Crippen molar-refractivity contribution in [2.24, 2.45) is 0 Å². The van der Waals surface area contributed by atoms with Gasteiger partial charge in [0.25, 0.3) is 0 Å². The zero-order valence-corrected chi connectivity index (χ0v) is 14.1. The lowest BCUT2D eigenvalue weighted by Crippen LogP contribution is -2.18. The summed E-state index contributed by atoms with van der Waals surface area (Å²) in [4.78, 5) is 19.2. The van der Waals surface area contributed by atoms with Crippen LogP contribution in [0.25, 0.3) is 11.0 Å². The van der Waals surface area contributed by atoms with Gasteiger partial charge in [-0.1, -0.05) is 35.5 Å². The van der Waals surface area contributed by atoms with Gasteiger partial charge in [-0.15, -0.1) is 0 Å². The summed E-state index contributed by atoms with van der Waals surface area (Å²) in [5.74, 6) is -0.639. The number of H-pyrrole nitrogens is 1. The Kier molecular flexibility index (Phi) is 4.91. The van der Waals surface area contributed by atoms with Crippen LogP contribution in [0.4, 0.5) is 18.9 Å². The Morgan fingerprint density at radius 3 is 2.76 bits per heavy atom. The van der Waals surface area contributed by atoms with E-state index in [1.165, 1.54) is 18.2 Å². The molecule has 3 rings (SSSR count). The van der Waals surface area contributed by atoms with E-state index in [0.717, 1.165) is 23.3 Å². The molecular weight excluding hydrogens is 375 g/mol. The molecule has 2 N–H and O–H groups in total. The van der Waals surface area contributed by atoms with Crippen molar-refractivity contribution in [3.8, 4) is 0 Å². The summed E-state index contributed by atoms with van der Waals surface area (Å²) in [6.07, 6.45) is -4.53. The number of hydrogen-bond acceptors (Lipinski definition) is 3. The van der Waals surface area contributed by atoms with Crippen LogP contribution in [0.15, 0.2) is 47.6 Å². The fourth-order valence-electron chi connectivity index (χ4n) is 2.19. The minimum Gasteiger partial charge on any atom is -0.333 e. The Hall–Kier alpha value is -2.19. The molecule has 3 aromatic rings. The van der Waals surface area contributed by atoms with Crippen molar-refractivity contribution in [2.45, 2.75) is 11.3 Å². The molecule has 25 heavy (non-hydrogen) atoms. The summed E-state index contributed by atoms with van der Waals surface area (Å²) in [5, 5.41) is 3.32. The molecular formula is C16H11ClF3N3OS. The predicted octanol–water partition coefficient (Wildman–Crippen LogP) is 4.97. The molecule has 4 nitrogen and oxygen atoms in total. The van der Waals surface area contributed by atoms with Gasteiger partial charge in [-0.2, -0.15) is 13.2 Å². The van der Waals surface area contributed by atoms with Gasteiger partial charge in [0.05, 0.1) is 28.0 Å². The molecule has 0 saturated heterocycles. The molecule has 1 aromatic heterocycles. The maximum Gasteiger partial charge on any atom is 0.418 e. The summed E-state index contributed by atoms with van der Waals surface area (Å²) in [7, 11) is 0. The number of para-hydroxylation sites is 1. The van der Waals surface area contributed by atoms with Crippen molar-refractivity contribution in [2.75, 3.05) is 11.1 Å². The second-order valence-electron chi connectivity index (χ2n) is 5.08. The van der Waals surface area contributed by atoms with Crippen LogP contribution in [0.5, 0.6) is 0 Å². The van der Waals surface area contributed by atoms with Crippen LogP contribution < -0.4 is 5.32 Å². The first-order valence-electron chi connectivity index (χ1n) is 7.07. The van der Waals surface area contributed by atoms with Crippen LogP contribution >= 0.6 is 23.4 Å². The predicted molar refractivity (Wildman–Crippen MR) is 91.9 cm³/mol. The van der Waals surface area contributed by atoms with Crippen LogP contribution in [0, 0.1) is 0 Å². The van der Waals surface area contributed by atoms with Crippen LogP contribution in [-0.4, -0.2) is 21.6 Å². The van der Waals surface area contributed by atoms with E-state index < -0.39 is 17.6 Å². The van der Waals surface area contributed by atoms with Gasteiger partial charge < -0.3 is 10.3 Å². The number of halogens is 4. The first kappa shape index (κ1) is 17.6. The van der Waals surface area contributed by atoms with E-state index in [2.05, 4.69) is 15.3 Å². The third-order valence-electron chi connectivity index (χ3n) is 3.27. The first-order valence-corrected chi connectivity index (χ1v) is 8.43. The highest BCUT2D eigenvalue weighted by molar-refractivity contribution is 7.99. The topological polar surface area (TPSA) is 57.8 Å². The van der Waals surface area contributed by atoms with Gasteiger partial charge in [0.1, 0.15) is 0 Å². The molecule has 1 amide bonds. The van der Waals surface area contributed by atoms with Crippen LogP contribution in [-0.2, 0) is 11.0 Å². The van der Waals surface area contributed by atoms with E-state index >= 15 is 0 Å². The second-order valence-corrected chi connectivity index (χ2v) is 6.48. The van der Waals surface area contributed by atoms with Gasteiger partial charge in [0.2, 0.25) is 5.91 Å². The Morgan fingerprint density at radius 1 is 1.24 bits per heavy atom. The molecule has 0 fully saturated rings. The number of imidazole rings is 1. The molecule has 2 aromatic carbocycles. The van der Waals surface area contributed by atoms with Crippen LogP contribution in [0.3, 0.4) is 0 Å².